The first-order valence-electron chi connectivity index (χ1n) is 1.85. The molecule has 19 heteroatoms. The number of halogens is 2. The van der Waals surface area contributed by atoms with Crippen LogP contribution in [0, 0.1) is 0 Å². The molecular weight excluding hydrogens is 1130 g/mol. The first-order chi connectivity index (χ1) is 4.90. The van der Waals surface area contributed by atoms with Crippen LogP contribution in [0.4, 0.5) is 0 Å². The van der Waals surface area contributed by atoms with Crippen LogP contribution in [0.1, 0.15) is 0 Å². The molecule has 0 fully saturated rings. The predicted molar refractivity (Wildman–Crippen MR) is 28.8 cm³/mol. The third-order valence-corrected chi connectivity index (χ3v) is 0. The van der Waals surface area contributed by atoms with Gasteiger partial charge in [-0.15, -0.1) is 0 Å². The summed E-state index contributed by atoms with van der Waals surface area (Å²) in [5.41, 5.74) is 0. The molecule has 19 heavy (non-hydrogen) atoms. The van der Waals surface area contributed by atoms with E-state index in [0.29, 0.717) is 0 Å². The molecule has 0 aliphatic carbocycles. The zero-order valence-corrected chi connectivity index (χ0v) is 35.7. The summed E-state index contributed by atoms with van der Waals surface area (Å²) in [7, 11) is 0. The monoisotopic (exact) mass is 1140 g/mol. The van der Waals surface area contributed by atoms with E-state index in [1.54, 1.807) is 0 Å². The molecule has 0 heterocycles. The fourth-order valence-electron chi connectivity index (χ4n) is 0. The molecule has 0 amide bonds. The molecule has 0 aliphatic heterocycles. The number of hydrogen-bond acceptors (Lipinski definition) is 12. The zero-order chi connectivity index (χ0) is 12.8. The average molecular weight is 1130 g/mol. The Morgan fingerprint density at radius 3 is 0.263 bits per heavy atom. The first kappa shape index (κ1) is 46.2. The minimum atomic E-state index is -9.62. The summed E-state index contributed by atoms with van der Waals surface area (Å²) in [4.78, 5) is 0. The number of hydrogen-bond donors (Lipinski definition) is 0. The Morgan fingerprint density at radius 1 is 0.263 bits per heavy atom. The van der Waals surface area contributed by atoms with Gasteiger partial charge in [0.2, 0.25) is 0 Å². The quantitative estimate of drug-likeness (QED) is 0.162. The Labute approximate surface area is 310 Å². The van der Waals surface area contributed by atoms with E-state index in [-0.39, 0.29) is 244 Å². The van der Waals surface area contributed by atoms with Crippen LogP contribution in [0.2, 0.25) is 0 Å². The van der Waals surface area contributed by atoms with Gasteiger partial charge in [0.15, 0.2) is 0 Å². The molecule has 96 valence electrons. The Kier molecular flexibility index (Phi) is 28.9. The summed E-state index contributed by atoms with van der Waals surface area (Å²) in [5, 5.41) is 0. The van der Waals surface area contributed by atoms with Crippen molar-refractivity contribution in [1.82, 2.24) is 0 Å². The third kappa shape index (κ3) is 212. The molecule has 12 nitrogen and oxygen atoms in total. The van der Waals surface area contributed by atoms with Crippen molar-refractivity contribution >= 4 is 244 Å². The van der Waals surface area contributed by atoms with Crippen molar-refractivity contribution in [2.75, 3.05) is 0 Å². The van der Waals surface area contributed by atoms with Gasteiger partial charge in [-0.1, -0.05) is 0 Å². The van der Waals surface area contributed by atoms with Crippen molar-refractivity contribution in [3.05, 3.63) is 0 Å². The molecule has 0 atom stereocenters. The van der Waals surface area contributed by atoms with E-state index in [9.17, 15) is 0 Å². The maximum absolute atomic E-state index is 9.62. The van der Waals surface area contributed by atoms with Gasteiger partial charge in [-0.05, 0) is 0 Å². The molecule has 0 unspecified atom stereocenters. The maximum atomic E-state index is 8.66. The van der Waals surface area contributed by atoms with E-state index in [4.69, 9.17) is 41.2 Å². The summed E-state index contributed by atoms with van der Waals surface area (Å²) < 4.78 is 104. The summed E-state index contributed by atoms with van der Waals surface area (Å²) in [6.45, 7) is 0. The number of rotatable bonds is 0. The molecule has 0 bridgehead atoms. The van der Waals surface area contributed by atoms with Gasteiger partial charge in [0, 0.05) is 0 Å². The fourth-order valence-corrected chi connectivity index (χ4v) is 0. The van der Waals surface area contributed by atoms with Gasteiger partial charge in [0.1, 0.15) is 0 Å². The minimum absolute atomic E-state index is 0. The van der Waals surface area contributed by atoms with Gasteiger partial charge in [-0.2, -0.15) is 0 Å². The van der Waals surface area contributed by atoms with E-state index in [2.05, 4.69) is 0 Å². The van der Waals surface area contributed by atoms with Crippen molar-refractivity contribution in [2.24, 2.45) is 0 Å². The van der Waals surface area contributed by atoms with E-state index in [1.165, 1.54) is 0 Å². The normalized spacial score (nSPS) is 17.1. The molecule has 0 saturated carbocycles. The van der Waals surface area contributed by atoms with Crippen LogP contribution in [0.25, 0.3) is 0 Å². The Bertz CT molecular complexity index is 171. The van der Waals surface area contributed by atoms with E-state index in [1.807, 2.05) is 0 Å². The van der Waals surface area contributed by atoms with Crippen LogP contribution >= 0.6 is 0 Å². The zero-order valence-electron chi connectivity index (χ0n) is 9.19. The standard InChI is InChI=1S/5Ba.2IO6/c;;;;;2*2-1(3,4,5,6)7/q5*+2;2*-5. The van der Waals surface area contributed by atoms with Crippen molar-refractivity contribution in [1.29, 1.82) is 0 Å². The van der Waals surface area contributed by atoms with Gasteiger partial charge < -0.3 is 0 Å². The van der Waals surface area contributed by atoms with E-state index in [0.717, 1.165) is 0 Å². The van der Waals surface area contributed by atoms with Crippen LogP contribution in [0.15, 0.2) is 0 Å². The summed E-state index contributed by atoms with van der Waals surface area (Å²) in [6, 6.07) is 0. The Balaban J connectivity index is -0.0000000240. The van der Waals surface area contributed by atoms with Gasteiger partial charge in [0.05, 0.1) is 0 Å². The molecule has 0 aromatic rings. The van der Waals surface area contributed by atoms with Crippen LogP contribution < -0.4 is 77.5 Å². The van der Waals surface area contributed by atoms with Crippen molar-refractivity contribution < 1.29 is 77.5 Å². The predicted octanol–water partition coefficient (Wildman–Crippen LogP) is -22.2. The van der Waals surface area contributed by atoms with Crippen molar-refractivity contribution in [2.45, 2.75) is 0 Å². The second kappa shape index (κ2) is 11.9. The van der Waals surface area contributed by atoms with Crippen LogP contribution in [0.5, 0.6) is 0 Å². The van der Waals surface area contributed by atoms with Crippen LogP contribution in [0.3, 0.4) is 0 Å². The summed E-state index contributed by atoms with van der Waals surface area (Å²) in [6.07, 6.45) is 0. The molecular formula is Ba5I2O12. The molecule has 0 radical (unpaired) electrons. The molecule has 0 spiro atoms. The second-order valence-corrected chi connectivity index (χ2v) is 12.7. The second-order valence-electron chi connectivity index (χ2n) is 1.89. The fraction of sp³-hybridized carbons (Fsp3) is 0. The van der Waals surface area contributed by atoms with Crippen LogP contribution in [-0.2, 0) is 0 Å². The first-order valence-corrected chi connectivity index (χ1v) is 12.4. The average Bonchev–Trinajstić information content (AvgIpc) is 0.938. The molecule has 0 rings (SSSR count). The van der Waals surface area contributed by atoms with Crippen LogP contribution in [-0.4, -0.2) is 244 Å². The van der Waals surface area contributed by atoms with Gasteiger partial charge in [-0.3, -0.25) is 0 Å². The topological polar surface area (TPSA) is 277 Å². The summed E-state index contributed by atoms with van der Waals surface area (Å²) >= 11 is -19.2. The summed E-state index contributed by atoms with van der Waals surface area (Å²) in [5.74, 6) is 0. The molecule has 0 aliphatic rings. The van der Waals surface area contributed by atoms with Crippen molar-refractivity contribution in [3.8, 4) is 0 Å². The Morgan fingerprint density at radius 2 is 0.263 bits per heavy atom. The van der Waals surface area contributed by atoms with Gasteiger partial charge in [0.25, 0.3) is 0 Å². The SMILES string of the molecule is [Ba+2].[Ba+2].[Ba+2].[Ba+2].[Ba+2].[O-][I+]([O-])([O-])([O-])([O-])[O-].[O-][I+]([O-])([O-])([O-])([O-])[O-]. The molecule has 0 aromatic carbocycles. The molecule has 0 N–H and O–H groups in total. The van der Waals surface area contributed by atoms with Gasteiger partial charge >= 0.3 is 322 Å². The molecule has 0 saturated heterocycles. The Hall–Kier alpha value is 8.84. The molecule has 0 aromatic heterocycles. The van der Waals surface area contributed by atoms with Crippen molar-refractivity contribution in [3.63, 3.8) is 0 Å². The van der Waals surface area contributed by atoms with E-state index < -0.39 is 36.3 Å². The third-order valence-electron chi connectivity index (χ3n) is 0. The van der Waals surface area contributed by atoms with E-state index >= 15 is 0 Å². The van der Waals surface area contributed by atoms with Gasteiger partial charge in [-0.25, -0.2) is 0 Å².